The van der Waals surface area contributed by atoms with Crippen molar-refractivity contribution in [1.82, 2.24) is 0 Å². The molecule has 2 rings (SSSR count). The predicted octanol–water partition coefficient (Wildman–Crippen LogP) is 4.51. The summed E-state index contributed by atoms with van der Waals surface area (Å²) in [7, 11) is 0. The van der Waals surface area contributed by atoms with Crippen molar-refractivity contribution in [2.45, 2.75) is 6.61 Å². The van der Waals surface area contributed by atoms with Crippen molar-refractivity contribution in [3.8, 4) is 5.75 Å². The molecule has 0 atom stereocenters. The molecule has 0 radical (unpaired) electrons. The summed E-state index contributed by atoms with van der Waals surface area (Å²) in [6.07, 6.45) is 0. The third-order valence-corrected chi connectivity index (χ3v) is 3.75. The SMILES string of the molecule is Nc1ccc(COc2cc(F)ccc2Br)c(Br)c1. The highest BCUT2D eigenvalue weighted by molar-refractivity contribution is 9.10. The highest BCUT2D eigenvalue weighted by Crippen LogP contribution is 2.27. The zero-order valence-corrected chi connectivity index (χ0v) is 12.5. The molecule has 0 aliphatic heterocycles. The van der Waals surface area contributed by atoms with Crippen molar-refractivity contribution in [2.75, 3.05) is 5.73 Å². The number of anilines is 1. The van der Waals surface area contributed by atoms with E-state index in [1.54, 1.807) is 18.2 Å². The molecule has 2 N–H and O–H groups in total. The van der Waals surface area contributed by atoms with Crippen LogP contribution in [0.25, 0.3) is 0 Å². The van der Waals surface area contributed by atoms with E-state index < -0.39 is 0 Å². The number of benzene rings is 2. The molecule has 5 heteroatoms. The van der Waals surface area contributed by atoms with Crippen LogP contribution in [0, 0.1) is 5.82 Å². The lowest BCUT2D eigenvalue weighted by Crippen LogP contribution is -1.98. The van der Waals surface area contributed by atoms with Crippen LogP contribution in [-0.2, 0) is 6.61 Å². The monoisotopic (exact) mass is 373 g/mol. The van der Waals surface area contributed by atoms with Gasteiger partial charge in [-0.2, -0.15) is 0 Å². The Morgan fingerprint density at radius 3 is 2.56 bits per heavy atom. The number of nitrogen functional groups attached to an aromatic ring is 1. The third kappa shape index (κ3) is 3.23. The molecule has 0 bridgehead atoms. The van der Waals surface area contributed by atoms with Crippen molar-refractivity contribution in [3.63, 3.8) is 0 Å². The van der Waals surface area contributed by atoms with Crippen molar-refractivity contribution in [2.24, 2.45) is 0 Å². The van der Waals surface area contributed by atoms with Gasteiger partial charge in [0, 0.05) is 21.8 Å². The van der Waals surface area contributed by atoms with Crippen LogP contribution in [0.15, 0.2) is 45.3 Å². The summed E-state index contributed by atoms with van der Waals surface area (Å²) < 4.78 is 20.2. The third-order valence-electron chi connectivity index (χ3n) is 2.35. The molecule has 0 spiro atoms. The molecule has 0 saturated carbocycles. The first kappa shape index (κ1) is 13.4. The van der Waals surface area contributed by atoms with E-state index in [-0.39, 0.29) is 5.82 Å². The summed E-state index contributed by atoms with van der Waals surface area (Å²) in [5, 5.41) is 0. The molecule has 0 unspecified atom stereocenters. The first-order valence-corrected chi connectivity index (χ1v) is 6.76. The zero-order chi connectivity index (χ0) is 13.1. The molecule has 2 nitrogen and oxygen atoms in total. The smallest absolute Gasteiger partial charge is 0.136 e. The minimum absolute atomic E-state index is 0.329. The van der Waals surface area contributed by atoms with E-state index in [4.69, 9.17) is 10.5 Å². The molecule has 0 saturated heterocycles. The molecule has 94 valence electrons. The van der Waals surface area contributed by atoms with Gasteiger partial charge in [-0.1, -0.05) is 22.0 Å². The summed E-state index contributed by atoms with van der Waals surface area (Å²) in [4.78, 5) is 0. The summed E-state index contributed by atoms with van der Waals surface area (Å²) >= 11 is 6.72. The Morgan fingerprint density at radius 1 is 1.06 bits per heavy atom. The molecule has 18 heavy (non-hydrogen) atoms. The van der Waals surface area contributed by atoms with Crippen molar-refractivity contribution < 1.29 is 9.13 Å². The lowest BCUT2D eigenvalue weighted by atomic mass is 10.2. The Kier molecular flexibility index (Phi) is 4.24. The van der Waals surface area contributed by atoms with Gasteiger partial charge in [-0.3, -0.25) is 0 Å². The summed E-state index contributed by atoms with van der Waals surface area (Å²) in [6, 6.07) is 9.80. The normalized spacial score (nSPS) is 10.4. The lowest BCUT2D eigenvalue weighted by molar-refractivity contribution is 0.302. The number of nitrogens with two attached hydrogens (primary N) is 1. The summed E-state index contributed by atoms with van der Waals surface area (Å²) in [5.41, 5.74) is 7.27. The Bertz CT molecular complexity index is 575. The number of ether oxygens (including phenoxy) is 1. The lowest BCUT2D eigenvalue weighted by Gasteiger charge is -2.10. The molecule has 0 fully saturated rings. The molecular formula is C13H10Br2FNO. The molecule has 2 aromatic rings. The Hall–Kier alpha value is -1.07. The predicted molar refractivity (Wildman–Crippen MR) is 77.0 cm³/mol. The van der Waals surface area contributed by atoms with Crippen LogP contribution in [0.1, 0.15) is 5.56 Å². The van der Waals surface area contributed by atoms with E-state index >= 15 is 0 Å². The van der Waals surface area contributed by atoms with Crippen LogP contribution in [0.3, 0.4) is 0 Å². The van der Waals surface area contributed by atoms with Gasteiger partial charge in [-0.25, -0.2) is 4.39 Å². The maximum atomic E-state index is 13.1. The molecule has 0 heterocycles. The van der Waals surface area contributed by atoms with E-state index in [1.165, 1.54) is 12.1 Å². The van der Waals surface area contributed by atoms with Gasteiger partial charge in [0.05, 0.1) is 4.47 Å². The quantitative estimate of drug-likeness (QED) is 0.802. The van der Waals surface area contributed by atoms with Gasteiger partial charge in [-0.05, 0) is 40.2 Å². The highest BCUT2D eigenvalue weighted by atomic mass is 79.9. The summed E-state index contributed by atoms with van der Waals surface area (Å²) in [6.45, 7) is 0.336. The Morgan fingerprint density at radius 2 is 1.83 bits per heavy atom. The van der Waals surface area contributed by atoms with E-state index in [9.17, 15) is 4.39 Å². The van der Waals surface area contributed by atoms with Gasteiger partial charge in [0.1, 0.15) is 18.2 Å². The van der Waals surface area contributed by atoms with Gasteiger partial charge in [-0.15, -0.1) is 0 Å². The minimum Gasteiger partial charge on any atom is -0.488 e. The van der Waals surface area contributed by atoms with E-state index in [0.717, 1.165) is 14.5 Å². The van der Waals surface area contributed by atoms with Crippen molar-refractivity contribution in [1.29, 1.82) is 0 Å². The van der Waals surface area contributed by atoms with Gasteiger partial charge < -0.3 is 10.5 Å². The average molecular weight is 375 g/mol. The van der Waals surface area contributed by atoms with Gasteiger partial charge >= 0.3 is 0 Å². The average Bonchev–Trinajstić information content (AvgIpc) is 2.32. The second-order valence-corrected chi connectivity index (χ2v) is 5.42. The van der Waals surface area contributed by atoms with Gasteiger partial charge in [0.25, 0.3) is 0 Å². The van der Waals surface area contributed by atoms with Crippen LogP contribution >= 0.6 is 31.9 Å². The number of hydrogen-bond acceptors (Lipinski definition) is 2. The first-order chi connectivity index (χ1) is 8.56. The molecule has 2 aromatic carbocycles. The number of rotatable bonds is 3. The van der Waals surface area contributed by atoms with Crippen LogP contribution in [0.2, 0.25) is 0 Å². The fraction of sp³-hybridized carbons (Fsp3) is 0.0769. The zero-order valence-electron chi connectivity index (χ0n) is 9.29. The molecule has 0 amide bonds. The molecule has 0 aromatic heterocycles. The fourth-order valence-electron chi connectivity index (χ4n) is 1.42. The second kappa shape index (κ2) is 5.71. The molecular weight excluding hydrogens is 365 g/mol. The van der Waals surface area contributed by atoms with Crippen LogP contribution in [-0.4, -0.2) is 0 Å². The molecule has 0 aliphatic carbocycles. The topological polar surface area (TPSA) is 35.2 Å². The highest BCUT2D eigenvalue weighted by Gasteiger charge is 2.05. The van der Waals surface area contributed by atoms with E-state index in [1.807, 2.05) is 6.07 Å². The summed E-state index contributed by atoms with van der Waals surface area (Å²) in [5.74, 6) is 0.142. The van der Waals surface area contributed by atoms with Crippen LogP contribution in [0.4, 0.5) is 10.1 Å². The number of halogens is 3. The maximum Gasteiger partial charge on any atom is 0.136 e. The first-order valence-electron chi connectivity index (χ1n) is 5.18. The maximum absolute atomic E-state index is 13.1. The van der Waals surface area contributed by atoms with Gasteiger partial charge in [0.2, 0.25) is 0 Å². The van der Waals surface area contributed by atoms with E-state index in [2.05, 4.69) is 31.9 Å². The largest absolute Gasteiger partial charge is 0.488 e. The second-order valence-electron chi connectivity index (χ2n) is 3.71. The van der Waals surface area contributed by atoms with Gasteiger partial charge in [0.15, 0.2) is 0 Å². The Labute approximate surface area is 121 Å². The van der Waals surface area contributed by atoms with Crippen molar-refractivity contribution in [3.05, 3.63) is 56.7 Å². The molecule has 0 aliphatic rings. The minimum atomic E-state index is -0.329. The standard InChI is InChI=1S/C13H10Br2FNO/c14-11-4-2-9(16)5-13(11)18-7-8-1-3-10(17)6-12(8)15/h1-6H,7,17H2. The Balaban J connectivity index is 2.13. The van der Waals surface area contributed by atoms with Crippen LogP contribution < -0.4 is 10.5 Å². The van der Waals surface area contributed by atoms with Crippen molar-refractivity contribution >= 4 is 37.5 Å². The fourth-order valence-corrected chi connectivity index (χ4v) is 2.30. The van der Waals surface area contributed by atoms with Crippen LogP contribution in [0.5, 0.6) is 5.75 Å². The number of hydrogen-bond donors (Lipinski definition) is 1. The van der Waals surface area contributed by atoms with E-state index in [0.29, 0.717) is 18.0 Å².